The number of allylic oxidation sites excluding steroid dienone is 2. The number of carbonyl (C=O) groups excluding carboxylic acids is 3. The van der Waals surface area contributed by atoms with E-state index in [1.165, 1.54) is 36.4 Å². The molecule has 204 valence electrons. The van der Waals surface area contributed by atoms with Gasteiger partial charge >= 0.3 is 0 Å². The first kappa shape index (κ1) is 29.0. The molecule has 2 fully saturated rings. The number of hydrogen-bond donors (Lipinski definition) is 0. The van der Waals surface area contributed by atoms with Gasteiger partial charge in [0.25, 0.3) is 23.4 Å². The summed E-state index contributed by atoms with van der Waals surface area (Å²) in [5.41, 5.74) is -0.215. The molecule has 5 rings (SSSR count). The third-order valence-corrected chi connectivity index (χ3v) is 12.0. The summed E-state index contributed by atoms with van der Waals surface area (Å²) in [7, 11) is 0. The lowest BCUT2D eigenvalue weighted by Gasteiger charge is -2.37. The average Bonchev–Trinajstić information content (AvgIpc) is 3.27. The Balaban J connectivity index is 1.63. The molecule has 3 aliphatic rings. The van der Waals surface area contributed by atoms with Gasteiger partial charge in [0, 0.05) is 17.7 Å². The van der Waals surface area contributed by atoms with Gasteiger partial charge in [-0.15, -0.1) is 23.2 Å². The van der Waals surface area contributed by atoms with Gasteiger partial charge in [-0.3, -0.25) is 24.5 Å². The fourth-order valence-electron chi connectivity index (χ4n) is 5.16. The zero-order valence-corrected chi connectivity index (χ0v) is 24.9. The van der Waals surface area contributed by atoms with Crippen LogP contribution in [-0.4, -0.2) is 46.7 Å². The molecule has 2 aromatic carbocycles. The largest absolute Gasteiger partial charge is 0.273 e. The molecule has 1 saturated heterocycles. The van der Waals surface area contributed by atoms with Crippen molar-refractivity contribution in [2.24, 2.45) is 11.8 Å². The normalized spacial score (nSPS) is 28.8. The van der Waals surface area contributed by atoms with Gasteiger partial charge < -0.3 is 0 Å². The zero-order chi connectivity index (χ0) is 28.8. The summed E-state index contributed by atoms with van der Waals surface area (Å²) in [5, 5.41) is 12.5. The summed E-state index contributed by atoms with van der Waals surface area (Å²) in [6, 6.07) is 9.15. The van der Waals surface area contributed by atoms with Crippen molar-refractivity contribution in [2.75, 3.05) is 0 Å². The third kappa shape index (κ3) is 3.76. The number of amides is 3. The lowest BCUT2D eigenvalue weighted by atomic mass is 9.84. The molecule has 39 heavy (non-hydrogen) atoms. The summed E-state index contributed by atoms with van der Waals surface area (Å²) in [4.78, 5) is 48.0. The monoisotopic (exact) mass is 689 g/mol. The topological polar surface area (TPSA) is 101 Å². The van der Waals surface area contributed by atoms with E-state index in [9.17, 15) is 24.5 Å². The maximum atomic E-state index is 13.9. The van der Waals surface area contributed by atoms with E-state index in [4.69, 9.17) is 92.8 Å². The second kappa shape index (κ2) is 9.53. The van der Waals surface area contributed by atoms with E-state index in [0.29, 0.717) is 10.6 Å². The van der Waals surface area contributed by atoms with Crippen LogP contribution in [0.15, 0.2) is 52.5 Å². The number of nitro groups is 1. The highest BCUT2D eigenvalue weighted by Gasteiger charge is 2.88. The van der Waals surface area contributed by atoms with Crippen molar-refractivity contribution in [3.05, 3.63) is 83.8 Å². The Morgan fingerprint density at radius 1 is 0.897 bits per heavy atom. The van der Waals surface area contributed by atoms with Crippen molar-refractivity contribution in [3.63, 3.8) is 0 Å². The molecule has 2 bridgehead atoms. The molecule has 8 nitrogen and oxygen atoms in total. The van der Waals surface area contributed by atoms with E-state index in [1.54, 1.807) is 0 Å². The Kier molecular flexibility index (Phi) is 7.09. The number of halogens is 8. The SMILES string of the molecule is O=C(c1cccc([N+](=O)[O-])c1)N(Cc1ccc(Cl)c(Cl)c1)N1C(=O)[C@@H]2[C@@H](C1=O)[C@@]1(Cl)C(Cl)=C(Cl)[C@@]2(Cl)C1(Cl)Cl. The lowest BCUT2D eigenvalue weighted by molar-refractivity contribution is -0.384. The molecule has 0 unspecified atom stereocenters. The predicted octanol–water partition coefficient (Wildman–Crippen LogP) is 6.91. The summed E-state index contributed by atoms with van der Waals surface area (Å²) in [6.45, 7) is -0.387. The number of rotatable bonds is 5. The predicted molar refractivity (Wildman–Crippen MR) is 149 cm³/mol. The van der Waals surface area contributed by atoms with Gasteiger partial charge in [-0.1, -0.05) is 81.7 Å². The van der Waals surface area contributed by atoms with Crippen molar-refractivity contribution in [3.8, 4) is 0 Å². The minimum atomic E-state index is -2.16. The lowest BCUT2D eigenvalue weighted by Crippen LogP contribution is -2.55. The molecule has 4 atom stereocenters. The van der Waals surface area contributed by atoms with Gasteiger partial charge in [0.05, 0.1) is 43.4 Å². The number of alkyl halides is 4. The summed E-state index contributed by atoms with van der Waals surface area (Å²) >= 11 is 51.5. The van der Waals surface area contributed by atoms with Crippen molar-refractivity contribution in [1.82, 2.24) is 10.0 Å². The molecular weight excluding hydrogens is 682 g/mol. The first-order valence-electron chi connectivity index (χ1n) is 10.8. The highest BCUT2D eigenvalue weighted by Crippen LogP contribution is 2.77. The average molecular weight is 693 g/mol. The number of nitrogens with zero attached hydrogens (tertiary/aromatic N) is 3. The van der Waals surface area contributed by atoms with Gasteiger partial charge in [-0.2, -0.15) is 5.01 Å². The molecule has 0 aromatic heterocycles. The van der Waals surface area contributed by atoms with E-state index in [0.717, 1.165) is 11.1 Å². The van der Waals surface area contributed by atoms with Gasteiger partial charge in [0.1, 0.15) is 9.75 Å². The first-order chi connectivity index (χ1) is 18.1. The summed E-state index contributed by atoms with van der Waals surface area (Å²) < 4.78 is -2.16. The highest BCUT2D eigenvalue weighted by molar-refractivity contribution is 6.66. The van der Waals surface area contributed by atoms with Gasteiger partial charge in [0.15, 0.2) is 4.33 Å². The highest BCUT2D eigenvalue weighted by atomic mass is 35.5. The quantitative estimate of drug-likeness (QED) is 0.147. The first-order valence-corrected chi connectivity index (χ1v) is 13.8. The molecular formula is C23H11Cl8N3O5. The zero-order valence-electron chi connectivity index (χ0n) is 18.8. The van der Waals surface area contributed by atoms with Crippen LogP contribution in [0.1, 0.15) is 15.9 Å². The number of fused-ring (bicyclic) bond motifs is 5. The fraction of sp³-hybridized carbons (Fsp3) is 0.261. The van der Waals surface area contributed by atoms with Crippen molar-refractivity contribution < 1.29 is 19.3 Å². The van der Waals surface area contributed by atoms with Crippen LogP contribution in [0.3, 0.4) is 0 Å². The number of carbonyl (C=O) groups is 3. The second-order valence-corrected chi connectivity index (χ2v) is 13.1. The van der Waals surface area contributed by atoms with E-state index >= 15 is 0 Å². The smallest absolute Gasteiger partial charge is 0.272 e. The number of nitro benzene ring substituents is 1. The maximum Gasteiger partial charge on any atom is 0.273 e. The molecule has 0 spiro atoms. The van der Waals surface area contributed by atoms with Crippen molar-refractivity contribution in [1.29, 1.82) is 0 Å². The molecule has 1 heterocycles. The van der Waals surface area contributed by atoms with Gasteiger partial charge in [-0.25, -0.2) is 5.01 Å². The van der Waals surface area contributed by atoms with Crippen LogP contribution >= 0.6 is 92.8 Å². The van der Waals surface area contributed by atoms with Crippen LogP contribution in [0, 0.1) is 22.0 Å². The molecule has 16 heteroatoms. The van der Waals surface area contributed by atoms with E-state index < -0.39 is 48.6 Å². The Hall–Kier alpha value is -1.49. The Morgan fingerprint density at radius 3 is 1.97 bits per heavy atom. The molecule has 2 aliphatic carbocycles. The second-order valence-electron chi connectivity index (χ2n) is 8.99. The van der Waals surface area contributed by atoms with E-state index in [-0.39, 0.29) is 37.9 Å². The minimum Gasteiger partial charge on any atom is -0.272 e. The molecule has 2 aromatic rings. The van der Waals surface area contributed by atoms with Crippen LogP contribution in [-0.2, 0) is 16.1 Å². The molecule has 0 radical (unpaired) electrons. The van der Waals surface area contributed by atoms with E-state index in [1.807, 2.05) is 0 Å². The Labute approximate surface area is 260 Å². The van der Waals surface area contributed by atoms with Crippen molar-refractivity contribution >= 4 is 116 Å². The fourth-order valence-corrected chi connectivity index (χ4v) is 8.41. The number of imide groups is 1. The number of benzene rings is 2. The molecule has 1 aliphatic heterocycles. The standard InChI is InChI=1S/C23H11Cl8N3O5/c24-12-5-4-9(6-13(12)25)8-32(18(35)10-2-1-3-11(7-10)34(38)39)33-19(36)14-15(20(33)37)22(29)17(27)16(26)21(14,28)23(22,30)31/h1-7,14-15H,8H2/t14-,15-,21+,22+/m0/s1. The summed E-state index contributed by atoms with van der Waals surface area (Å²) in [5.74, 6) is -5.88. The van der Waals surface area contributed by atoms with Crippen LogP contribution in [0.2, 0.25) is 10.0 Å². The Morgan fingerprint density at radius 2 is 1.46 bits per heavy atom. The van der Waals surface area contributed by atoms with Gasteiger partial charge in [0.2, 0.25) is 0 Å². The minimum absolute atomic E-state index is 0.141. The molecule has 3 amide bonds. The van der Waals surface area contributed by atoms with Crippen molar-refractivity contribution in [2.45, 2.75) is 20.6 Å². The number of hydrazine groups is 1. The third-order valence-electron chi connectivity index (χ3n) is 6.98. The van der Waals surface area contributed by atoms with Crippen LogP contribution in [0.5, 0.6) is 0 Å². The Bertz CT molecular complexity index is 1490. The maximum absolute atomic E-state index is 13.9. The number of non-ortho nitro benzene ring substituents is 1. The van der Waals surface area contributed by atoms with E-state index in [2.05, 4.69) is 0 Å². The van der Waals surface area contributed by atoms with Crippen LogP contribution < -0.4 is 0 Å². The van der Waals surface area contributed by atoms with Crippen LogP contribution in [0.25, 0.3) is 0 Å². The number of hydrogen-bond acceptors (Lipinski definition) is 5. The van der Waals surface area contributed by atoms with Gasteiger partial charge in [-0.05, 0) is 23.8 Å². The summed E-state index contributed by atoms with van der Waals surface area (Å²) in [6.07, 6.45) is 0. The molecule has 0 N–H and O–H groups in total. The molecule has 1 saturated carbocycles. The van der Waals surface area contributed by atoms with Crippen LogP contribution in [0.4, 0.5) is 5.69 Å².